The minimum absolute atomic E-state index is 0.118. The van der Waals surface area contributed by atoms with Crippen LogP contribution in [0.2, 0.25) is 0 Å². The van der Waals surface area contributed by atoms with Crippen molar-refractivity contribution in [3.8, 4) is 5.82 Å². The fourth-order valence-electron chi connectivity index (χ4n) is 1.66. The third-order valence-corrected chi connectivity index (χ3v) is 2.75. The maximum absolute atomic E-state index is 11.8. The Labute approximate surface area is 104 Å². The predicted octanol–water partition coefficient (Wildman–Crippen LogP) is 0.396. The van der Waals surface area contributed by atoms with Crippen molar-refractivity contribution in [2.75, 3.05) is 13.2 Å². The summed E-state index contributed by atoms with van der Waals surface area (Å²) < 4.78 is 6.78. The van der Waals surface area contributed by atoms with E-state index in [1.807, 2.05) is 0 Å². The Morgan fingerprint density at radius 3 is 2.89 bits per heavy atom. The lowest BCUT2D eigenvalue weighted by atomic mass is 10.2. The highest BCUT2D eigenvalue weighted by molar-refractivity contribution is 5.94. The smallest absolute Gasteiger partial charge is 0.253 e. The fourth-order valence-corrected chi connectivity index (χ4v) is 1.66. The highest BCUT2D eigenvalue weighted by Crippen LogP contribution is 2.07. The van der Waals surface area contributed by atoms with Gasteiger partial charge in [0.25, 0.3) is 5.91 Å². The number of nitrogens with zero attached hydrogens (tertiary/aromatic N) is 3. The largest absolute Gasteiger partial charge is 0.377 e. The van der Waals surface area contributed by atoms with Crippen LogP contribution >= 0.6 is 0 Å². The Hall–Kier alpha value is -2.21. The van der Waals surface area contributed by atoms with E-state index in [9.17, 15) is 4.79 Å². The normalized spacial score (nSPS) is 15.1. The molecule has 1 N–H and O–H groups in total. The Morgan fingerprint density at radius 2 is 2.33 bits per heavy atom. The number of ether oxygens (including phenoxy) is 1. The van der Waals surface area contributed by atoms with Gasteiger partial charge in [0.2, 0.25) is 0 Å². The van der Waals surface area contributed by atoms with E-state index in [1.165, 1.54) is 0 Å². The van der Waals surface area contributed by atoms with Gasteiger partial charge in [0.05, 0.1) is 24.8 Å². The van der Waals surface area contributed by atoms with E-state index in [4.69, 9.17) is 4.74 Å². The number of imidazole rings is 1. The van der Waals surface area contributed by atoms with Crippen molar-refractivity contribution in [3.63, 3.8) is 0 Å². The first-order valence-corrected chi connectivity index (χ1v) is 5.66. The highest BCUT2D eigenvalue weighted by atomic mass is 16.5. The molecule has 6 heteroatoms. The summed E-state index contributed by atoms with van der Waals surface area (Å²) in [5.41, 5.74) is 0.547. The van der Waals surface area contributed by atoms with Crippen molar-refractivity contribution in [1.82, 2.24) is 19.9 Å². The van der Waals surface area contributed by atoms with E-state index < -0.39 is 0 Å². The summed E-state index contributed by atoms with van der Waals surface area (Å²) in [5, 5.41) is 2.86. The molecule has 0 spiro atoms. The van der Waals surface area contributed by atoms with Gasteiger partial charge in [0.1, 0.15) is 12.1 Å². The van der Waals surface area contributed by atoms with E-state index in [0.29, 0.717) is 18.8 Å². The number of pyridine rings is 1. The van der Waals surface area contributed by atoms with E-state index in [-0.39, 0.29) is 11.9 Å². The van der Waals surface area contributed by atoms with Crippen LogP contribution in [-0.4, -0.2) is 39.7 Å². The molecule has 0 atom stereocenters. The number of hydrogen-bond donors (Lipinski definition) is 1. The molecule has 3 heterocycles. The second kappa shape index (κ2) is 4.58. The van der Waals surface area contributed by atoms with Gasteiger partial charge in [-0.05, 0) is 12.1 Å². The van der Waals surface area contributed by atoms with Crippen molar-refractivity contribution >= 4 is 5.91 Å². The molecule has 0 radical (unpaired) electrons. The zero-order chi connectivity index (χ0) is 12.4. The molecular weight excluding hydrogens is 232 g/mol. The fraction of sp³-hybridized carbons (Fsp3) is 0.250. The van der Waals surface area contributed by atoms with Gasteiger partial charge in [-0.1, -0.05) is 0 Å². The molecule has 0 saturated carbocycles. The Kier molecular flexibility index (Phi) is 2.77. The maximum atomic E-state index is 11.8. The molecular formula is C12H12N4O2. The molecule has 1 saturated heterocycles. The van der Waals surface area contributed by atoms with Gasteiger partial charge >= 0.3 is 0 Å². The van der Waals surface area contributed by atoms with Crippen LogP contribution in [0.25, 0.3) is 5.82 Å². The zero-order valence-corrected chi connectivity index (χ0v) is 9.61. The first-order valence-electron chi connectivity index (χ1n) is 5.66. The lowest BCUT2D eigenvalue weighted by Gasteiger charge is -2.26. The second-order valence-corrected chi connectivity index (χ2v) is 4.08. The summed E-state index contributed by atoms with van der Waals surface area (Å²) in [5.74, 6) is 0.615. The summed E-state index contributed by atoms with van der Waals surface area (Å²) in [6, 6.07) is 3.66. The van der Waals surface area contributed by atoms with Crippen molar-refractivity contribution in [2.45, 2.75) is 6.04 Å². The van der Waals surface area contributed by atoms with E-state index in [1.54, 1.807) is 41.6 Å². The molecule has 0 aliphatic carbocycles. The van der Waals surface area contributed by atoms with Gasteiger partial charge in [0, 0.05) is 18.6 Å². The third kappa shape index (κ3) is 2.10. The number of hydrogen-bond acceptors (Lipinski definition) is 4. The minimum Gasteiger partial charge on any atom is -0.377 e. The van der Waals surface area contributed by atoms with Gasteiger partial charge in [-0.2, -0.15) is 0 Å². The molecule has 0 aromatic carbocycles. The molecule has 92 valence electrons. The van der Waals surface area contributed by atoms with Crippen LogP contribution < -0.4 is 5.32 Å². The Morgan fingerprint density at radius 1 is 1.44 bits per heavy atom. The summed E-state index contributed by atoms with van der Waals surface area (Å²) in [7, 11) is 0. The van der Waals surface area contributed by atoms with Crippen molar-refractivity contribution in [1.29, 1.82) is 0 Å². The monoisotopic (exact) mass is 244 g/mol. The molecule has 6 nitrogen and oxygen atoms in total. The average molecular weight is 244 g/mol. The molecule has 1 aliphatic rings. The number of carbonyl (C=O) groups is 1. The molecule has 1 fully saturated rings. The summed E-state index contributed by atoms with van der Waals surface area (Å²) in [6.45, 7) is 1.18. The topological polar surface area (TPSA) is 69.0 Å². The van der Waals surface area contributed by atoms with E-state index in [2.05, 4.69) is 15.3 Å². The lowest BCUT2D eigenvalue weighted by molar-refractivity contribution is -0.00346. The van der Waals surface area contributed by atoms with Crippen LogP contribution in [-0.2, 0) is 4.74 Å². The average Bonchev–Trinajstić information content (AvgIpc) is 2.87. The molecule has 0 unspecified atom stereocenters. The van der Waals surface area contributed by atoms with Gasteiger partial charge in [-0.25, -0.2) is 9.97 Å². The van der Waals surface area contributed by atoms with Crippen molar-refractivity contribution < 1.29 is 9.53 Å². The summed E-state index contributed by atoms with van der Waals surface area (Å²) in [4.78, 5) is 20.0. The summed E-state index contributed by atoms with van der Waals surface area (Å²) in [6.07, 6.45) is 6.70. The van der Waals surface area contributed by atoms with Crippen LogP contribution in [0, 0.1) is 0 Å². The molecule has 3 rings (SSSR count). The molecule has 18 heavy (non-hydrogen) atoms. The maximum Gasteiger partial charge on any atom is 0.253 e. The van der Waals surface area contributed by atoms with Crippen LogP contribution in [0.3, 0.4) is 0 Å². The van der Waals surface area contributed by atoms with Gasteiger partial charge in [-0.3, -0.25) is 9.36 Å². The van der Waals surface area contributed by atoms with Crippen molar-refractivity contribution in [2.24, 2.45) is 0 Å². The number of nitrogens with one attached hydrogen (secondary N) is 1. The molecule has 2 aromatic rings. The first kappa shape index (κ1) is 10.9. The second-order valence-electron chi connectivity index (χ2n) is 4.08. The van der Waals surface area contributed by atoms with E-state index >= 15 is 0 Å². The zero-order valence-electron chi connectivity index (χ0n) is 9.61. The minimum atomic E-state index is -0.118. The van der Waals surface area contributed by atoms with Gasteiger partial charge < -0.3 is 10.1 Å². The molecule has 0 bridgehead atoms. The standard InChI is InChI=1S/C12H12N4O2/c17-12(15-10-6-18-7-10)9-1-2-11(14-5-9)16-4-3-13-8-16/h1-5,8,10H,6-7H2,(H,15,17). The van der Waals surface area contributed by atoms with E-state index in [0.717, 1.165) is 5.82 Å². The lowest BCUT2D eigenvalue weighted by Crippen LogP contribution is -2.48. The number of aromatic nitrogens is 3. The van der Waals surface area contributed by atoms with Gasteiger partial charge in [0.15, 0.2) is 0 Å². The predicted molar refractivity (Wildman–Crippen MR) is 63.4 cm³/mol. The number of rotatable bonds is 3. The third-order valence-electron chi connectivity index (χ3n) is 2.75. The molecule has 2 aromatic heterocycles. The highest BCUT2D eigenvalue weighted by Gasteiger charge is 2.21. The van der Waals surface area contributed by atoms with Crippen LogP contribution in [0.15, 0.2) is 37.1 Å². The Bertz CT molecular complexity index is 532. The van der Waals surface area contributed by atoms with Crippen LogP contribution in [0.1, 0.15) is 10.4 Å². The van der Waals surface area contributed by atoms with Crippen LogP contribution in [0.4, 0.5) is 0 Å². The quantitative estimate of drug-likeness (QED) is 0.848. The SMILES string of the molecule is O=C(NC1COC1)c1ccc(-n2ccnc2)nc1. The van der Waals surface area contributed by atoms with Crippen molar-refractivity contribution in [3.05, 3.63) is 42.6 Å². The van der Waals surface area contributed by atoms with Crippen LogP contribution in [0.5, 0.6) is 0 Å². The van der Waals surface area contributed by atoms with Gasteiger partial charge in [-0.15, -0.1) is 0 Å². The first-order chi connectivity index (χ1) is 8.83. The summed E-state index contributed by atoms with van der Waals surface area (Å²) >= 11 is 0. The number of carbonyl (C=O) groups excluding carboxylic acids is 1. The number of amides is 1. The molecule has 1 amide bonds. The Balaban J connectivity index is 1.72. The molecule has 1 aliphatic heterocycles.